The Labute approximate surface area is 82.6 Å². The van der Waals surface area contributed by atoms with E-state index in [2.05, 4.69) is 4.98 Å². The molecule has 72 valence electrons. The first-order valence-corrected chi connectivity index (χ1v) is 3.48. The van der Waals surface area contributed by atoms with Crippen LogP contribution in [0.5, 0.6) is 0 Å². The van der Waals surface area contributed by atoms with Crippen LogP contribution in [0.4, 0.5) is 5.82 Å². The lowest BCUT2D eigenvalue weighted by atomic mass is 10.2. The molecule has 0 radical (unpaired) electrons. The molecule has 0 saturated carbocycles. The van der Waals surface area contributed by atoms with Gasteiger partial charge < -0.3 is 10.0 Å². The van der Waals surface area contributed by atoms with Crippen LogP contribution in [0.3, 0.4) is 0 Å². The molecule has 0 atom stereocenters. The molecule has 1 rings (SSSR count). The van der Waals surface area contributed by atoms with Crippen LogP contribution in [-0.2, 0) is 0 Å². The van der Waals surface area contributed by atoms with Crippen molar-refractivity contribution in [2.45, 2.75) is 0 Å². The van der Waals surface area contributed by atoms with Gasteiger partial charge in [-0.25, -0.2) is 9.78 Å². The Bertz CT molecular complexity index is 302. The van der Waals surface area contributed by atoms with Crippen LogP contribution in [0.1, 0.15) is 10.4 Å². The standard InChI is InChI=1S/C8H10N2O2.ClH/c1-10(2)7-5-6(8(11)12)3-4-9-7;/h3-5H,1-2H3,(H,11,12);1H. The van der Waals surface area contributed by atoms with Gasteiger partial charge in [0.1, 0.15) is 5.82 Å². The van der Waals surface area contributed by atoms with Crippen molar-refractivity contribution in [2.24, 2.45) is 0 Å². The molecule has 4 nitrogen and oxygen atoms in total. The van der Waals surface area contributed by atoms with E-state index in [9.17, 15) is 4.79 Å². The number of carboxylic acid groups (broad SMARTS) is 1. The molecule has 0 fully saturated rings. The van der Waals surface area contributed by atoms with E-state index in [1.54, 1.807) is 4.90 Å². The van der Waals surface area contributed by atoms with E-state index in [1.165, 1.54) is 18.3 Å². The zero-order valence-electron chi connectivity index (χ0n) is 7.39. The van der Waals surface area contributed by atoms with Crippen molar-refractivity contribution in [3.63, 3.8) is 0 Å². The molecule has 0 saturated heterocycles. The van der Waals surface area contributed by atoms with Gasteiger partial charge in [-0.15, -0.1) is 12.4 Å². The van der Waals surface area contributed by atoms with Gasteiger partial charge in [-0.1, -0.05) is 0 Å². The average Bonchev–Trinajstić information content (AvgIpc) is 2.04. The summed E-state index contributed by atoms with van der Waals surface area (Å²) in [6.07, 6.45) is 1.48. The fraction of sp³-hybridized carbons (Fsp3) is 0.250. The highest BCUT2D eigenvalue weighted by Crippen LogP contribution is 2.08. The number of nitrogens with zero attached hydrogens (tertiary/aromatic N) is 2. The predicted octanol–water partition coefficient (Wildman–Crippen LogP) is 1.27. The molecule has 1 aromatic rings. The molecule has 13 heavy (non-hydrogen) atoms. The fourth-order valence-corrected chi connectivity index (χ4v) is 0.796. The number of aromatic nitrogens is 1. The molecule has 1 heterocycles. The number of anilines is 1. The van der Waals surface area contributed by atoms with Crippen molar-refractivity contribution >= 4 is 24.2 Å². The van der Waals surface area contributed by atoms with Crippen LogP contribution in [0.15, 0.2) is 18.3 Å². The second kappa shape index (κ2) is 4.67. The van der Waals surface area contributed by atoms with Crippen LogP contribution in [0, 0.1) is 0 Å². The van der Waals surface area contributed by atoms with Gasteiger partial charge in [-0.3, -0.25) is 0 Å². The number of hydrogen-bond donors (Lipinski definition) is 1. The van der Waals surface area contributed by atoms with Crippen LogP contribution in [0.25, 0.3) is 0 Å². The zero-order valence-corrected chi connectivity index (χ0v) is 8.21. The molecule has 0 bridgehead atoms. The lowest BCUT2D eigenvalue weighted by Crippen LogP contribution is -2.11. The average molecular weight is 203 g/mol. The number of pyridine rings is 1. The highest BCUT2D eigenvalue weighted by atomic mass is 35.5. The van der Waals surface area contributed by atoms with E-state index < -0.39 is 5.97 Å². The Hall–Kier alpha value is -1.29. The van der Waals surface area contributed by atoms with Crippen LogP contribution < -0.4 is 4.90 Å². The molecule has 5 heteroatoms. The molecule has 0 aromatic carbocycles. The Morgan fingerprint density at radius 2 is 2.15 bits per heavy atom. The highest BCUT2D eigenvalue weighted by molar-refractivity contribution is 5.88. The van der Waals surface area contributed by atoms with E-state index in [0.29, 0.717) is 5.82 Å². The number of carbonyl (C=O) groups is 1. The Kier molecular flexibility index (Phi) is 4.20. The third-order valence-electron chi connectivity index (χ3n) is 1.45. The second-order valence-corrected chi connectivity index (χ2v) is 2.60. The number of carboxylic acids is 1. The summed E-state index contributed by atoms with van der Waals surface area (Å²) in [7, 11) is 3.63. The maximum atomic E-state index is 10.5. The Morgan fingerprint density at radius 3 is 2.62 bits per heavy atom. The van der Waals surface area contributed by atoms with E-state index in [4.69, 9.17) is 5.11 Å². The summed E-state index contributed by atoms with van der Waals surface area (Å²) in [5.74, 6) is -0.282. The fourth-order valence-electron chi connectivity index (χ4n) is 0.796. The first-order chi connectivity index (χ1) is 5.61. The lowest BCUT2D eigenvalue weighted by molar-refractivity contribution is 0.0697. The van der Waals surface area contributed by atoms with Crippen molar-refractivity contribution in [1.82, 2.24) is 4.98 Å². The number of hydrogen-bond acceptors (Lipinski definition) is 3. The molecule has 1 N–H and O–H groups in total. The normalized spacial score (nSPS) is 8.77. The first-order valence-electron chi connectivity index (χ1n) is 3.48. The zero-order chi connectivity index (χ0) is 9.14. The third kappa shape index (κ3) is 2.91. The van der Waals surface area contributed by atoms with Crippen molar-refractivity contribution in [3.8, 4) is 0 Å². The molecule has 0 amide bonds. The molecule has 1 aromatic heterocycles. The predicted molar refractivity (Wildman–Crippen MR) is 52.8 cm³/mol. The van der Waals surface area contributed by atoms with Crippen molar-refractivity contribution in [1.29, 1.82) is 0 Å². The highest BCUT2D eigenvalue weighted by Gasteiger charge is 2.04. The largest absolute Gasteiger partial charge is 0.478 e. The first kappa shape index (κ1) is 11.7. The summed E-state index contributed by atoms with van der Waals surface area (Å²) in [6.45, 7) is 0. The third-order valence-corrected chi connectivity index (χ3v) is 1.45. The van der Waals surface area contributed by atoms with Gasteiger partial charge in [0.05, 0.1) is 5.56 Å². The molecule has 0 aliphatic rings. The Morgan fingerprint density at radius 1 is 1.54 bits per heavy atom. The molecule has 0 aliphatic carbocycles. The van der Waals surface area contributed by atoms with Gasteiger partial charge in [0, 0.05) is 20.3 Å². The van der Waals surface area contributed by atoms with E-state index in [1.807, 2.05) is 14.1 Å². The minimum Gasteiger partial charge on any atom is -0.478 e. The maximum absolute atomic E-state index is 10.5. The second-order valence-electron chi connectivity index (χ2n) is 2.60. The van der Waals surface area contributed by atoms with E-state index in [0.717, 1.165) is 0 Å². The summed E-state index contributed by atoms with van der Waals surface area (Å²) in [5.41, 5.74) is 0.258. The van der Waals surface area contributed by atoms with Gasteiger partial charge in [0.15, 0.2) is 0 Å². The van der Waals surface area contributed by atoms with Crippen LogP contribution in [-0.4, -0.2) is 30.2 Å². The van der Waals surface area contributed by atoms with Crippen LogP contribution in [0.2, 0.25) is 0 Å². The van der Waals surface area contributed by atoms with Gasteiger partial charge in [-0.05, 0) is 12.1 Å². The summed E-state index contributed by atoms with van der Waals surface area (Å²) in [5, 5.41) is 8.64. The summed E-state index contributed by atoms with van der Waals surface area (Å²) >= 11 is 0. The van der Waals surface area contributed by atoms with Crippen molar-refractivity contribution in [2.75, 3.05) is 19.0 Å². The SMILES string of the molecule is CN(C)c1cc(C(=O)O)ccn1.Cl. The van der Waals surface area contributed by atoms with Crippen molar-refractivity contribution < 1.29 is 9.90 Å². The van der Waals surface area contributed by atoms with Crippen molar-refractivity contribution in [3.05, 3.63) is 23.9 Å². The van der Waals surface area contributed by atoms with E-state index in [-0.39, 0.29) is 18.0 Å². The minimum absolute atomic E-state index is 0. The minimum atomic E-state index is -0.930. The Balaban J connectivity index is 0.00000144. The smallest absolute Gasteiger partial charge is 0.335 e. The molecular weight excluding hydrogens is 192 g/mol. The summed E-state index contributed by atoms with van der Waals surface area (Å²) < 4.78 is 0. The number of aromatic carboxylic acids is 1. The van der Waals surface area contributed by atoms with Gasteiger partial charge in [-0.2, -0.15) is 0 Å². The van der Waals surface area contributed by atoms with Crippen LogP contribution >= 0.6 is 12.4 Å². The summed E-state index contributed by atoms with van der Waals surface area (Å²) in [4.78, 5) is 16.3. The van der Waals surface area contributed by atoms with Gasteiger partial charge in [0.2, 0.25) is 0 Å². The lowest BCUT2D eigenvalue weighted by Gasteiger charge is -2.10. The molecule has 0 aliphatic heterocycles. The quantitative estimate of drug-likeness (QED) is 0.785. The molecule has 0 spiro atoms. The monoisotopic (exact) mass is 202 g/mol. The maximum Gasteiger partial charge on any atom is 0.335 e. The topological polar surface area (TPSA) is 53.4 Å². The van der Waals surface area contributed by atoms with Gasteiger partial charge >= 0.3 is 5.97 Å². The van der Waals surface area contributed by atoms with Gasteiger partial charge in [0.25, 0.3) is 0 Å². The summed E-state index contributed by atoms with van der Waals surface area (Å²) in [6, 6.07) is 3.00. The molecular formula is C8H11ClN2O2. The van der Waals surface area contributed by atoms with E-state index >= 15 is 0 Å². The number of rotatable bonds is 2. The molecule has 0 unspecified atom stereocenters. The number of halogens is 1.